The van der Waals surface area contributed by atoms with Gasteiger partial charge in [-0.25, -0.2) is 9.79 Å². The molecule has 4 aromatic rings. The van der Waals surface area contributed by atoms with Gasteiger partial charge in [-0.3, -0.25) is 19.5 Å². The number of carbonyl (C=O) groups is 1. The number of nitro benzene ring substituents is 1. The molecule has 0 amide bonds. The van der Waals surface area contributed by atoms with E-state index in [4.69, 9.17) is 19.2 Å². The number of carbonyl (C=O) groups excluding carboxylic acids is 1. The van der Waals surface area contributed by atoms with E-state index in [0.717, 1.165) is 34.4 Å². The van der Waals surface area contributed by atoms with Crippen LogP contribution in [0.15, 0.2) is 87.8 Å². The van der Waals surface area contributed by atoms with E-state index in [2.05, 4.69) is 13.8 Å². The standard InChI is InChI=1S/C36H37N3O7S/c1-6-11-27-32(35(41)45-7-2)33(25-16-14-24(15-17-25)22(3)4)38-34(40)31(47-36(38)37-27)19-26-18-29(44-5)30(20-28(26)39(42)43)46-21-23-12-9-8-10-13-23/h8-10,12-20,22,33H,6-7,11,21H2,1-5H3/b31-19-/t33-/m1/s1. The van der Waals surface area contributed by atoms with E-state index in [1.54, 1.807) is 6.92 Å². The second-order valence-corrected chi connectivity index (χ2v) is 12.3. The summed E-state index contributed by atoms with van der Waals surface area (Å²) in [5.41, 5.74) is 3.11. The van der Waals surface area contributed by atoms with Crippen LogP contribution in [0.25, 0.3) is 6.08 Å². The Morgan fingerprint density at radius 3 is 2.43 bits per heavy atom. The Balaban J connectivity index is 1.67. The van der Waals surface area contributed by atoms with Gasteiger partial charge in [-0.05, 0) is 48.1 Å². The molecular formula is C36H37N3O7S. The number of benzene rings is 3. The average molecular weight is 656 g/mol. The fourth-order valence-corrected chi connectivity index (χ4v) is 6.50. The zero-order valence-corrected chi connectivity index (χ0v) is 27.8. The number of nitrogens with zero attached hydrogens (tertiary/aromatic N) is 3. The van der Waals surface area contributed by atoms with Gasteiger partial charge in [0.2, 0.25) is 0 Å². The second-order valence-electron chi connectivity index (χ2n) is 11.3. The van der Waals surface area contributed by atoms with Crippen LogP contribution in [0.2, 0.25) is 0 Å². The van der Waals surface area contributed by atoms with Gasteiger partial charge in [0.25, 0.3) is 11.2 Å². The van der Waals surface area contributed by atoms with Gasteiger partial charge in [0.1, 0.15) is 6.61 Å². The van der Waals surface area contributed by atoms with Crippen molar-refractivity contribution >= 4 is 29.1 Å². The lowest BCUT2D eigenvalue weighted by molar-refractivity contribution is -0.385. The molecule has 1 aromatic heterocycles. The summed E-state index contributed by atoms with van der Waals surface area (Å²) < 4.78 is 18.6. The van der Waals surface area contributed by atoms with Crippen molar-refractivity contribution in [3.05, 3.63) is 130 Å². The number of esters is 1. The topological polar surface area (TPSA) is 122 Å². The van der Waals surface area contributed by atoms with Gasteiger partial charge in [0, 0.05) is 0 Å². The van der Waals surface area contributed by atoms with Gasteiger partial charge >= 0.3 is 5.97 Å². The first-order chi connectivity index (χ1) is 22.7. The van der Waals surface area contributed by atoms with Crippen molar-refractivity contribution in [2.24, 2.45) is 4.99 Å². The fourth-order valence-electron chi connectivity index (χ4n) is 5.49. The summed E-state index contributed by atoms with van der Waals surface area (Å²) in [6.07, 6.45) is 2.70. The van der Waals surface area contributed by atoms with Crippen LogP contribution in [0.5, 0.6) is 11.5 Å². The zero-order chi connectivity index (χ0) is 33.7. The Bertz CT molecular complexity index is 1990. The van der Waals surface area contributed by atoms with Crippen molar-refractivity contribution in [1.82, 2.24) is 4.57 Å². The largest absolute Gasteiger partial charge is 0.493 e. The number of hydrogen-bond donors (Lipinski definition) is 0. The Morgan fingerprint density at radius 1 is 1.09 bits per heavy atom. The third-order valence-electron chi connectivity index (χ3n) is 7.84. The quantitative estimate of drug-likeness (QED) is 0.101. The van der Waals surface area contributed by atoms with Crippen molar-refractivity contribution in [2.45, 2.75) is 59.1 Å². The molecule has 244 valence electrons. The van der Waals surface area contributed by atoms with Crippen molar-refractivity contribution in [3.63, 3.8) is 0 Å². The number of ether oxygens (including phenoxy) is 3. The lowest BCUT2D eigenvalue weighted by atomic mass is 9.92. The molecule has 0 fully saturated rings. The first kappa shape index (κ1) is 33.3. The molecule has 11 heteroatoms. The first-order valence-electron chi connectivity index (χ1n) is 15.5. The summed E-state index contributed by atoms with van der Waals surface area (Å²) in [5, 5.41) is 12.3. The van der Waals surface area contributed by atoms with Crippen LogP contribution in [0.4, 0.5) is 5.69 Å². The first-order valence-corrected chi connectivity index (χ1v) is 16.3. The molecule has 3 aromatic carbocycles. The SMILES string of the molecule is CCCC1=C(C(=O)OCC)[C@@H](c2ccc(C(C)C)cc2)n2c(s/c(=C\c3cc(OC)c(OCc4ccccc4)cc3[N+](=O)[O-])c2=O)=N1. The van der Waals surface area contributed by atoms with Gasteiger partial charge in [0.15, 0.2) is 16.3 Å². The third kappa shape index (κ3) is 7.05. The van der Waals surface area contributed by atoms with E-state index in [1.165, 1.54) is 29.9 Å². The minimum absolute atomic E-state index is 0.167. The fraction of sp³-hybridized carbons (Fsp3) is 0.306. The summed E-state index contributed by atoms with van der Waals surface area (Å²) in [5.74, 6) is 0.251. The molecule has 0 aliphatic carbocycles. The lowest BCUT2D eigenvalue weighted by Crippen LogP contribution is -2.40. The molecule has 0 spiro atoms. The Labute approximate surface area is 276 Å². The Hall–Kier alpha value is -5.03. The maximum atomic E-state index is 14.2. The van der Waals surface area contributed by atoms with Gasteiger partial charge in [-0.2, -0.15) is 0 Å². The highest BCUT2D eigenvalue weighted by atomic mass is 32.1. The molecule has 0 N–H and O–H groups in total. The number of aromatic nitrogens is 1. The number of rotatable bonds is 12. The maximum absolute atomic E-state index is 14.2. The molecule has 1 aliphatic rings. The molecule has 0 unspecified atom stereocenters. The summed E-state index contributed by atoms with van der Waals surface area (Å²) in [4.78, 5) is 44.6. The third-order valence-corrected chi connectivity index (χ3v) is 8.83. The van der Waals surface area contributed by atoms with Crippen molar-refractivity contribution in [3.8, 4) is 11.5 Å². The number of nitro groups is 1. The molecule has 1 aliphatic heterocycles. The number of hydrogen-bond acceptors (Lipinski definition) is 9. The van der Waals surface area contributed by atoms with Crippen molar-refractivity contribution in [1.29, 1.82) is 0 Å². The number of fused-ring (bicyclic) bond motifs is 1. The van der Waals surface area contributed by atoms with E-state index in [1.807, 2.05) is 61.5 Å². The minimum atomic E-state index is -0.784. The maximum Gasteiger partial charge on any atom is 0.338 e. The molecule has 5 rings (SSSR count). The summed E-state index contributed by atoms with van der Waals surface area (Å²) in [6, 6.07) is 19.3. The van der Waals surface area contributed by atoms with Crippen molar-refractivity contribution < 1.29 is 23.9 Å². The average Bonchev–Trinajstić information content (AvgIpc) is 3.37. The predicted octanol–water partition coefficient (Wildman–Crippen LogP) is 6.20. The van der Waals surface area contributed by atoms with Gasteiger partial charge in [-0.15, -0.1) is 0 Å². The monoisotopic (exact) mass is 655 g/mol. The molecule has 0 radical (unpaired) electrons. The van der Waals surface area contributed by atoms with E-state index < -0.39 is 22.5 Å². The minimum Gasteiger partial charge on any atom is -0.493 e. The molecular weight excluding hydrogens is 618 g/mol. The number of thiazole rings is 1. The molecule has 1 atom stereocenters. The second kappa shape index (κ2) is 14.6. The summed E-state index contributed by atoms with van der Waals surface area (Å²) in [7, 11) is 1.45. The Morgan fingerprint density at radius 2 is 1.81 bits per heavy atom. The highest BCUT2D eigenvalue weighted by molar-refractivity contribution is 7.07. The molecule has 47 heavy (non-hydrogen) atoms. The highest BCUT2D eigenvalue weighted by Crippen LogP contribution is 2.36. The smallest absolute Gasteiger partial charge is 0.338 e. The van der Waals surface area contributed by atoms with Crippen LogP contribution in [0, 0.1) is 10.1 Å². The van der Waals surface area contributed by atoms with Crippen LogP contribution in [0.1, 0.15) is 74.8 Å². The van der Waals surface area contributed by atoms with Gasteiger partial charge in [0.05, 0.1) is 52.1 Å². The molecule has 0 saturated heterocycles. The molecule has 10 nitrogen and oxygen atoms in total. The highest BCUT2D eigenvalue weighted by Gasteiger charge is 2.34. The van der Waals surface area contributed by atoms with E-state index in [-0.39, 0.29) is 40.5 Å². The van der Waals surface area contributed by atoms with Crippen LogP contribution < -0.4 is 24.4 Å². The zero-order valence-electron chi connectivity index (χ0n) is 27.0. The van der Waals surface area contributed by atoms with Crippen LogP contribution >= 0.6 is 11.3 Å². The Kier molecular flexibility index (Phi) is 10.4. The lowest BCUT2D eigenvalue weighted by Gasteiger charge is -2.26. The van der Waals surface area contributed by atoms with Crippen LogP contribution in [-0.2, 0) is 16.1 Å². The van der Waals surface area contributed by atoms with E-state index >= 15 is 0 Å². The van der Waals surface area contributed by atoms with Gasteiger partial charge < -0.3 is 14.2 Å². The van der Waals surface area contributed by atoms with E-state index in [0.29, 0.717) is 28.4 Å². The molecule has 0 bridgehead atoms. The van der Waals surface area contributed by atoms with Gasteiger partial charge in [-0.1, -0.05) is 93.1 Å². The summed E-state index contributed by atoms with van der Waals surface area (Å²) >= 11 is 1.11. The predicted molar refractivity (Wildman–Crippen MR) is 181 cm³/mol. The molecule has 2 heterocycles. The summed E-state index contributed by atoms with van der Waals surface area (Å²) in [6.45, 7) is 8.27. The van der Waals surface area contributed by atoms with Crippen LogP contribution in [0.3, 0.4) is 0 Å². The number of allylic oxidation sites excluding steroid dienone is 1. The van der Waals surface area contributed by atoms with Crippen LogP contribution in [-0.4, -0.2) is 29.2 Å². The normalized spacial score (nSPS) is 14.5. The van der Waals surface area contributed by atoms with E-state index in [9.17, 15) is 19.7 Å². The number of methoxy groups -OCH3 is 1. The molecule has 0 saturated carbocycles. The van der Waals surface area contributed by atoms with Crippen molar-refractivity contribution in [2.75, 3.05) is 13.7 Å².